The van der Waals surface area contributed by atoms with Gasteiger partial charge < -0.3 is 14.8 Å². The van der Waals surface area contributed by atoms with Crippen molar-refractivity contribution in [1.29, 1.82) is 0 Å². The molecule has 1 N–H and O–H groups in total. The molecule has 1 atom stereocenters. The maximum atomic E-state index is 12.0. The summed E-state index contributed by atoms with van der Waals surface area (Å²) in [6, 6.07) is 13.7. The second kappa shape index (κ2) is 7.93. The molecule has 1 aliphatic rings. The first kappa shape index (κ1) is 16.5. The van der Waals surface area contributed by atoms with E-state index in [0.717, 1.165) is 35.8 Å². The third-order valence-electron chi connectivity index (χ3n) is 4.13. The topological polar surface area (TPSA) is 64.6 Å². The second-order valence-corrected chi connectivity index (χ2v) is 5.91. The van der Waals surface area contributed by atoms with E-state index in [9.17, 15) is 9.59 Å². The predicted molar refractivity (Wildman–Crippen MR) is 90.6 cm³/mol. The normalized spacial score (nSPS) is 16.9. The lowest BCUT2D eigenvalue weighted by Crippen LogP contribution is -2.35. The molecule has 1 heterocycles. The molecule has 1 saturated heterocycles. The number of benzene rings is 2. The Labute approximate surface area is 140 Å². The predicted octanol–water partition coefficient (Wildman–Crippen LogP) is 2.22. The minimum Gasteiger partial charge on any atom is -0.455 e. The van der Waals surface area contributed by atoms with Crippen LogP contribution in [0.2, 0.25) is 0 Å². The number of ether oxygens (including phenoxy) is 2. The fourth-order valence-electron chi connectivity index (χ4n) is 2.88. The fourth-order valence-corrected chi connectivity index (χ4v) is 2.88. The second-order valence-electron chi connectivity index (χ2n) is 5.91. The summed E-state index contributed by atoms with van der Waals surface area (Å²) in [7, 11) is 0. The molecule has 0 radical (unpaired) electrons. The molecule has 2 aromatic rings. The van der Waals surface area contributed by atoms with Crippen molar-refractivity contribution in [1.82, 2.24) is 5.32 Å². The molecule has 24 heavy (non-hydrogen) atoms. The molecule has 0 spiro atoms. The van der Waals surface area contributed by atoms with Crippen LogP contribution in [-0.4, -0.2) is 37.7 Å². The van der Waals surface area contributed by atoms with Crippen molar-refractivity contribution in [2.75, 3.05) is 19.8 Å². The Hall–Kier alpha value is -2.40. The first-order chi connectivity index (χ1) is 11.7. The van der Waals surface area contributed by atoms with Crippen molar-refractivity contribution in [3.8, 4) is 0 Å². The molecular formula is C19H21NO4. The molecule has 1 amide bonds. The molecule has 3 rings (SSSR count). The lowest BCUT2D eigenvalue weighted by atomic mass is 10.0. The van der Waals surface area contributed by atoms with Gasteiger partial charge in [-0.25, -0.2) is 0 Å². The van der Waals surface area contributed by atoms with E-state index in [0.29, 0.717) is 6.54 Å². The number of fused-ring (bicyclic) bond motifs is 1. The lowest BCUT2D eigenvalue weighted by Gasteiger charge is -2.11. The number of carbonyl (C=O) groups is 2. The summed E-state index contributed by atoms with van der Waals surface area (Å²) < 4.78 is 10.5. The quantitative estimate of drug-likeness (QED) is 0.826. The van der Waals surface area contributed by atoms with Gasteiger partial charge in [-0.1, -0.05) is 42.5 Å². The van der Waals surface area contributed by atoms with Gasteiger partial charge in [0.2, 0.25) is 0 Å². The average Bonchev–Trinajstić information content (AvgIpc) is 3.12. The van der Waals surface area contributed by atoms with Crippen molar-refractivity contribution in [3.05, 3.63) is 48.0 Å². The van der Waals surface area contributed by atoms with Crippen molar-refractivity contribution in [2.45, 2.75) is 25.4 Å². The van der Waals surface area contributed by atoms with E-state index in [1.165, 1.54) is 0 Å². The van der Waals surface area contributed by atoms with E-state index in [-0.39, 0.29) is 25.0 Å². The summed E-state index contributed by atoms with van der Waals surface area (Å²) in [5, 5.41) is 4.84. The summed E-state index contributed by atoms with van der Waals surface area (Å²) in [4.78, 5) is 23.7. The Morgan fingerprint density at radius 2 is 2.00 bits per heavy atom. The summed E-state index contributed by atoms with van der Waals surface area (Å²) >= 11 is 0. The van der Waals surface area contributed by atoms with Gasteiger partial charge in [-0.2, -0.15) is 0 Å². The Morgan fingerprint density at radius 3 is 2.83 bits per heavy atom. The third kappa shape index (κ3) is 4.32. The highest BCUT2D eigenvalue weighted by molar-refractivity contribution is 5.89. The van der Waals surface area contributed by atoms with Crippen LogP contribution >= 0.6 is 0 Å². The van der Waals surface area contributed by atoms with Crippen LogP contribution in [0, 0.1) is 0 Å². The summed E-state index contributed by atoms with van der Waals surface area (Å²) in [6.45, 7) is 0.969. The van der Waals surface area contributed by atoms with E-state index in [4.69, 9.17) is 9.47 Å². The minimum absolute atomic E-state index is 0.0836. The Bertz CT molecular complexity index is 717. The number of rotatable bonds is 6. The average molecular weight is 327 g/mol. The number of carbonyl (C=O) groups excluding carboxylic acids is 2. The monoisotopic (exact) mass is 327 g/mol. The van der Waals surface area contributed by atoms with Crippen LogP contribution in [0.4, 0.5) is 0 Å². The summed E-state index contributed by atoms with van der Waals surface area (Å²) in [5.74, 6) is -0.699. The van der Waals surface area contributed by atoms with Crippen molar-refractivity contribution < 1.29 is 19.1 Å². The largest absolute Gasteiger partial charge is 0.455 e. The summed E-state index contributed by atoms with van der Waals surface area (Å²) in [5.41, 5.74) is 0.901. The molecule has 5 nitrogen and oxygen atoms in total. The SMILES string of the molecule is O=C(COC(=O)Cc1cccc2ccccc12)NC[C@@H]1CCCO1. The maximum Gasteiger partial charge on any atom is 0.310 e. The van der Waals surface area contributed by atoms with Gasteiger partial charge >= 0.3 is 5.97 Å². The molecule has 5 heteroatoms. The highest BCUT2D eigenvalue weighted by atomic mass is 16.5. The van der Waals surface area contributed by atoms with Gasteiger partial charge in [-0.15, -0.1) is 0 Å². The fraction of sp³-hybridized carbons (Fsp3) is 0.368. The van der Waals surface area contributed by atoms with Crippen molar-refractivity contribution in [2.24, 2.45) is 0 Å². The van der Waals surface area contributed by atoms with Gasteiger partial charge in [-0.05, 0) is 29.2 Å². The van der Waals surface area contributed by atoms with Gasteiger partial charge in [0.25, 0.3) is 5.91 Å². The van der Waals surface area contributed by atoms with Crippen LogP contribution in [0.15, 0.2) is 42.5 Å². The van der Waals surface area contributed by atoms with Gasteiger partial charge in [0, 0.05) is 13.2 Å². The third-order valence-corrected chi connectivity index (χ3v) is 4.13. The first-order valence-corrected chi connectivity index (χ1v) is 8.23. The highest BCUT2D eigenvalue weighted by Gasteiger charge is 2.16. The molecule has 0 bridgehead atoms. The van der Waals surface area contributed by atoms with Crippen LogP contribution in [0.3, 0.4) is 0 Å². The van der Waals surface area contributed by atoms with E-state index in [2.05, 4.69) is 5.32 Å². The zero-order valence-electron chi connectivity index (χ0n) is 13.5. The van der Waals surface area contributed by atoms with Crippen molar-refractivity contribution >= 4 is 22.6 Å². The van der Waals surface area contributed by atoms with Gasteiger partial charge in [0.15, 0.2) is 6.61 Å². The molecule has 126 valence electrons. The molecular weight excluding hydrogens is 306 g/mol. The van der Waals surface area contributed by atoms with E-state index >= 15 is 0 Å². The molecule has 0 aliphatic carbocycles. The van der Waals surface area contributed by atoms with Gasteiger partial charge in [0.05, 0.1) is 12.5 Å². The van der Waals surface area contributed by atoms with Crippen LogP contribution in [-0.2, 0) is 25.5 Å². The standard InChI is InChI=1S/C19H21NO4/c21-18(20-12-16-8-4-10-23-16)13-24-19(22)11-15-7-3-6-14-5-1-2-9-17(14)15/h1-3,5-7,9,16H,4,8,10-13H2,(H,20,21)/t16-/m0/s1. The highest BCUT2D eigenvalue weighted by Crippen LogP contribution is 2.19. The maximum absolute atomic E-state index is 12.0. The number of nitrogens with one attached hydrogen (secondary N) is 1. The summed E-state index contributed by atoms with van der Waals surface area (Å²) in [6.07, 6.45) is 2.22. The van der Waals surface area contributed by atoms with Crippen LogP contribution in [0.25, 0.3) is 10.8 Å². The molecule has 1 fully saturated rings. The van der Waals surface area contributed by atoms with Crippen LogP contribution in [0.5, 0.6) is 0 Å². The van der Waals surface area contributed by atoms with E-state index < -0.39 is 5.97 Å². The van der Waals surface area contributed by atoms with Crippen LogP contribution < -0.4 is 5.32 Å². The Balaban J connectivity index is 1.47. The number of hydrogen-bond donors (Lipinski definition) is 1. The Morgan fingerprint density at radius 1 is 1.17 bits per heavy atom. The molecule has 1 aliphatic heterocycles. The lowest BCUT2D eigenvalue weighted by molar-refractivity contribution is -0.147. The number of amides is 1. The van der Waals surface area contributed by atoms with Crippen molar-refractivity contribution in [3.63, 3.8) is 0 Å². The van der Waals surface area contributed by atoms with E-state index in [1.54, 1.807) is 0 Å². The van der Waals surface area contributed by atoms with Gasteiger partial charge in [0.1, 0.15) is 0 Å². The number of esters is 1. The molecule has 0 saturated carbocycles. The zero-order chi connectivity index (χ0) is 16.8. The molecule has 0 aromatic heterocycles. The number of hydrogen-bond acceptors (Lipinski definition) is 4. The van der Waals surface area contributed by atoms with E-state index in [1.807, 2.05) is 42.5 Å². The van der Waals surface area contributed by atoms with Gasteiger partial charge in [-0.3, -0.25) is 9.59 Å². The first-order valence-electron chi connectivity index (χ1n) is 8.23. The molecule has 2 aromatic carbocycles. The minimum atomic E-state index is -0.404. The smallest absolute Gasteiger partial charge is 0.310 e. The van der Waals surface area contributed by atoms with Crippen LogP contribution in [0.1, 0.15) is 18.4 Å². The molecule has 0 unspecified atom stereocenters. The Kier molecular flexibility index (Phi) is 5.43. The zero-order valence-corrected chi connectivity index (χ0v) is 13.5.